The molecule has 5 aromatic rings. The fourth-order valence-corrected chi connectivity index (χ4v) is 7.51. The van der Waals surface area contributed by atoms with Gasteiger partial charge < -0.3 is 24.3 Å². The summed E-state index contributed by atoms with van der Waals surface area (Å²) in [4.78, 5) is 70.0. The molecule has 0 radical (unpaired) electrons. The molecule has 4 N–H and O–H groups in total. The first-order chi connectivity index (χ1) is 29.9. The molecular weight excluding hydrogens is 783 g/mol. The van der Waals surface area contributed by atoms with Crippen LogP contribution in [0.25, 0.3) is 56.2 Å². The maximum Gasteiger partial charge on any atom is 0.349 e. The van der Waals surface area contributed by atoms with Crippen molar-refractivity contribution in [3.8, 4) is 34.2 Å². The summed E-state index contributed by atoms with van der Waals surface area (Å²) in [6, 6.07) is 30.9. The molecule has 4 aliphatic heterocycles. The van der Waals surface area contributed by atoms with E-state index in [-0.39, 0.29) is 11.4 Å². The smallest absolute Gasteiger partial charge is 0.349 e. The number of rotatable bonds is 11. The van der Waals surface area contributed by atoms with Crippen LogP contribution in [0.5, 0.6) is 0 Å². The SMILES string of the molecule is Cc1cc2nc3c(=O)[nH]c(=O)nc-3n(CCNCc3ccc(-c4ccccc4)cc3)c2cc1C.Cc1cc2nc3c(=O)[nH]c(=O)nc-3n(CCNCc3cccn3C)c2cc1C. The number of fused-ring (bicyclic) bond motifs is 4. The minimum Gasteiger partial charge on any atom is -0.353 e. The molecule has 0 aliphatic carbocycles. The Labute approximate surface area is 355 Å². The summed E-state index contributed by atoms with van der Waals surface area (Å²) in [5, 5.41) is 6.87. The Morgan fingerprint density at radius 1 is 0.548 bits per heavy atom. The van der Waals surface area contributed by atoms with Gasteiger partial charge in [0.15, 0.2) is 23.0 Å². The van der Waals surface area contributed by atoms with Gasteiger partial charge in [-0.05, 0) is 103 Å². The highest BCUT2D eigenvalue weighted by Crippen LogP contribution is 2.25. The van der Waals surface area contributed by atoms with Crippen molar-refractivity contribution in [2.45, 2.75) is 53.9 Å². The predicted molar refractivity (Wildman–Crippen MR) is 242 cm³/mol. The summed E-state index contributed by atoms with van der Waals surface area (Å²) in [6.45, 7) is 11.9. The number of H-pyrrole nitrogens is 2. The third-order valence-corrected chi connectivity index (χ3v) is 11.2. The van der Waals surface area contributed by atoms with Crippen LogP contribution in [0.1, 0.15) is 33.5 Å². The van der Waals surface area contributed by atoms with E-state index in [1.165, 1.54) is 22.4 Å². The van der Waals surface area contributed by atoms with Gasteiger partial charge in [0, 0.05) is 58.2 Å². The standard InChI is InChI=1S/C27H25N5O2.C20H22N6O2/c1-17-14-22-23(15-18(17)2)32(25-24(29-22)26(33)31-27(34)30-25)13-12-28-16-19-8-10-21(11-9-19)20-6-4-3-5-7-20;1-12-9-15-16(10-13(12)2)26(8-6-21-11-14-5-4-7-25(14)3)18-17(22-15)19(27)24-20(28)23-18/h3-11,14-15,28H,12-13,16H2,1-2H3,(H,31,33,34);4-5,7,9-10,21H,6,8,11H2,1-3H3,(H,24,27,28). The highest BCUT2D eigenvalue weighted by Gasteiger charge is 2.20. The van der Waals surface area contributed by atoms with Gasteiger partial charge >= 0.3 is 11.4 Å². The number of hydrogen-bond acceptors (Lipinski definition) is 10. The molecule has 0 saturated heterocycles. The molecule has 5 heterocycles. The van der Waals surface area contributed by atoms with Gasteiger partial charge in [-0.3, -0.25) is 19.6 Å². The van der Waals surface area contributed by atoms with Crippen molar-refractivity contribution < 1.29 is 0 Å². The van der Waals surface area contributed by atoms with E-state index < -0.39 is 22.5 Å². The lowest BCUT2D eigenvalue weighted by molar-refractivity contribution is 0.588. The van der Waals surface area contributed by atoms with E-state index in [1.54, 1.807) is 0 Å². The summed E-state index contributed by atoms with van der Waals surface area (Å²) in [6.07, 6.45) is 2.01. The van der Waals surface area contributed by atoms with E-state index >= 15 is 0 Å². The molecule has 0 fully saturated rings. The Hall–Kier alpha value is -7.36. The molecule has 0 bridgehead atoms. The maximum atomic E-state index is 12.4. The molecule has 314 valence electrons. The lowest BCUT2D eigenvalue weighted by Gasteiger charge is -2.18. The molecule has 0 unspecified atom stereocenters. The molecule has 0 amide bonds. The quantitative estimate of drug-likeness (QED) is 0.102. The lowest BCUT2D eigenvalue weighted by Crippen LogP contribution is -2.30. The third kappa shape index (κ3) is 8.75. The molecule has 62 heavy (non-hydrogen) atoms. The number of benzene rings is 4. The topological polar surface area (TPSA) is 190 Å². The van der Waals surface area contributed by atoms with Crippen LogP contribution >= 0.6 is 0 Å². The first-order valence-electron chi connectivity index (χ1n) is 20.4. The van der Waals surface area contributed by atoms with Crippen molar-refractivity contribution in [1.82, 2.24) is 54.2 Å². The van der Waals surface area contributed by atoms with Gasteiger partial charge in [0.1, 0.15) is 0 Å². The Kier molecular flexibility index (Phi) is 11.8. The Bertz CT molecular complexity index is 3240. The van der Waals surface area contributed by atoms with Crippen LogP contribution in [0.15, 0.2) is 116 Å². The van der Waals surface area contributed by atoms with Gasteiger partial charge in [0.25, 0.3) is 11.1 Å². The van der Waals surface area contributed by atoms with Crippen LogP contribution in [0.3, 0.4) is 0 Å². The third-order valence-electron chi connectivity index (χ3n) is 11.2. The summed E-state index contributed by atoms with van der Waals surface area (Å²) in [5.74, 6) is 0.615. The number of hydrogen-bond donors (Lipinski definition) is 4. The van der Waals surface area contributed by atoms with E-state index in [9.17, 15) is 19.2 Å². The molecule has 0 saturated carbocycles. The Morgan fingerprint density at radius 2 is 1.03 bits per heavy atom. The zero-order chi connectivity index (χ0) is 43.5. The zero-order valence-electron chi connectivity index (χ0n) is 35.2. The molecule has 15 nitrogen and oxygen atoms in total. The van der Waals surface area contributed by atoms with Crippen LogP contribution in [0.2, 0.25) is 0 Å². The number of aromatic nitrogens is 9. The van der Waals surface area contributed by atoms with Crippen LogP contribution in [0, 0.1) is 27.7 Å². The molecule has 0 atom stereocenters. The van der Waals surface area contributed by atoms with Gasteiger partial charge in [-0.1, -0.05) is 54.6 Å². The minimum atomic E-state index is -0.664. The van der Waals surface area contributed by atoms with Crippen LogP contribution in [0.4, 0.5) is 0 Å². The molecule has 15 heteroatoms. The number of aryl methyl sites for hydroxylation is 5. The van der Waals surface area contributed by atoms with Crippen molar-refractivity contribution in [2.24, 2.45) is 7.05 Å². The molecule has 4 aliphatic rings. The van der Waals surface area contributed by atoms with Crippen molar-refractivity contribution in [1.29, 1.82) is 0 Å². The second-order valence-electron chi connectivity index (χ2n) is 15.5. The minimum absolute atomic E-state index is 0.173. The second-order valence-corrected chi connectivity index (χ2v) is 15.5. The summed E-state index contributed by atoms with van der Waals surface area (Å²) < 4.78 is 5.87. The monoisotopic (exact) mass is 829 g/mol. The molecular formula is C47H47N11O4. The van der Waals surface area contributed by atoms with Crippen molar-refractivity contribution in [3.05, 3.63) is 172 Å². The van der Waals surface area contributed by atoms with Gasteiger partial charge in [-0.2, -0.15) is 9.97 Å². The maximum absolute atomic E-state index is 12.4. The fourth-order valence-electron chi connectivity index (χ4n) is 7.51. The van der Waals surface area contributed by atoms with Crippen molar-refractivity contribution in [3.63, 3.8) is 0 Å². The van der Waals surface area contributed by atoms with E-state index in [2.05, 4.69) is 87.6 Å². The van der Waals surface area contributed by atoms with Crippen LogP contribution in [-0.4, -0.2) is 56.7 Å². The highest BCUT2D eigenvalue weighted by atomic mass is 16.2. The molecule has 1 aromatic heterocycles. The first kappa shape index (κ1) is 41.4. The average molecular weight is 830 g/mol. The first-order valence-corrected chi connectivity index (χ1v) is 20.4. The molecule has 4 aromatic carbocycles. The van der Waals surface area contributed by atoms with Crippen molar-refractivity contribution >= 4 is 22.1 Å². The van der Waals surface area contributed by atoms with E-state index in [0.717, 1.165) is 39.8 Å². The fraction of sp³-hybridized carbons (Fsp3) is 0.234. The van der Waals surface area contributed by atoms with Crippen LogP contribution in [-0.2, 0) is 33.2 Å². The zero-order valence-corrected chi connectivity index (χ0v) is 35.2. The van der Waals surface area contributed by atoms with Gasteiger partial charge in [-0.15, -0.1) is 0 Å². The van der Waals surface area contributed by atoms with Gasteiger partial charge in [0.2, 0.25) is 0 Å². The van der Waals surface area contributed by atoms with E-state index in [1.807, 2.05) is 98.6 Å². The number of aromatic amines is 2. The average Bonchev–Trinajstić information content (AvgIpc) is 3.67. The van der Waals surface area contributed by atoms with E-state index in [0.29, 0.717) is 55.4 Å². The van der Waals surface area contributed by atoms with Crippen LogP contribution < -0.4 is 33.1 Å². The predicted octanol–water partition coefficient (Wildman–Crippen LogP) is 4.99. The van der Waals surface area contributed by atoms with Gasteiger partial charge in [-0.25, -0.2) is 19.6 Å². The second kappa shape index (κ2) is 17.7. The summed E-state index contributed by atoms with van der Waals surface area (Å²) >= 11 is 0. The highest BCUT2D eigenvalue weighted by molar-refractivity contribution is 5.82. The molecule has 9 rings (SSSR count). The Balaban J connectivity index is 0.000000174. The lowest BCUT2D eigenvalue weighted by atomic mass is 10.0. The number of nitrogens with zero attached hydrogens (tertiary/aromatic N) is 7. The Morgan fingerprint density at radius 3 is 1.53 bits per heavy atom. The van der Waals surface area contributed by atoms with Crippen molar-refractivity contribution in [2.75, 3.05) is 13.1 Å². The van der Waals surface area contributed by atoms with E-state index in [4.69, 9.17) is 0 Å². The molecule has 0 spiro atoms. The largest absolute Gasteiger partial charge is 0.353 e. The number of nitrogens with one attached hydrogen (secondary N) is 4. The summed E-state index contributed by atoms with van der Waals surface area (Å²) in [5.41, 5.74) is 10.3. The van der Waals surface area contributed by atoms with Gasteiger partial charge in [0.05, 0.1) is 22.1 Å². The normalized spacial score (nSPS) is 11.4. The summed E-state index contributed by atoms with van der Waals surface area (Å²) in [7, 11) is 2.01.